The summed E-state index contributed by atoms with van der Waals surface area (Å²) in [5.74, 6) is 0. The van der Waals surface area contributed by atoms with E-state index >= 15 is 0 Å². The monoisotopic (exact) mass is 250 g/mol. The molecule has 0 N–H and O–H groups in total. The number of rotatable bonds is 4. The van der Waals surface area contributed by atoms with Gasteiger partial charge in [0.25, 0.3) is 0 Å². The Hall–Kier alpha value is -1.82. The number of hydrogen-bond donors (Lipinski definition) is 0. The van der Waals surface area contributed by atoms with E-state index in [1.807, 2.05) is 12.2 Å². The first kappa shape index (κ1) is 13.6. The van der Waals surface area contributed by atoms with E-state index in [0.717, 1.165) is 6.42 Å². The van der Waals surface area contributed by atoms with Crippen LogP contribution >= 0.6 is 0 Å². The maximum Gasteiger partial charge on any atom is -0.00261 e. The second-order valence-corrected chi connectivity index (χ2v) is 5.15. The van der Waals surface area contributed by atoms with Gasteiger partial charge in [0.1, 0.15) is 0 Å². The first-order valence-electron chi connectivity index (χ1n) is 6.91. The van der Waals surface area contributed by atoms with Gasteiger partial charge in [-0.25, -0.2) is 0 Å². The van der Waals surface area contributed by atoms with Crippen LogP contribution in [0.5, 0.6) is 0 Å². The topological polar surface area (TPSA) is 0 Å². The number of aryl methyl sites for hydroxylation is 1. The Balaban J connectivity index is 2.44. The van der Waals surface area contributed by atoms with Crippen molar-refractivity contribution in [3.8, 4) is 0 Å². The van der Waals surface area contributed by atoms with Gasteiger partial charge in [-0.15, -0.1) is 0 Å². The van der Waals surface area contributed by atoms with Crippen LogP contribution in [0.15, 0.2) is 43.0 Å². The zero-order valence-corrected chi connectivity index (χ0v) is 12.0. The summed E-state index contributed by atoms with van der Waals surface area (Å²) in [4.78, 5) is 0. The largest absolute Gasteiger partial charge is 0.0984 e. The highest BCUT2D eigenvalue weighted by Gasteiger charge is 2.10. The Morgan fingerprint density at radius 1 is 1.11 bits per heavy atom. The van der Waals surface area contributed by atoms with Gasteiger partial charge in [0, 0.05) is 0 Å². The molecule has 1 aliphatic rings. The Labute approximate surface area is 116 Å². The molecular formula is C19H22. The van der Waals surface area contributed by atoms with Gasteiger partial charge in [-0.05, 0) is 66.5 Å². The molecule has 0 nitrogen and oxygen atoms in total. The van der Waals surface area contributed by atoms with Crippen LogP contribution < -0.4 is 0 Å². The lowest BCUT2D eigenvalue weighted by atomic mass is 9.89. The molecule has 0 radical (unpaired) electrons. The summed E-state index contributed by atoms with van der Waals surface area (Å²) >= 11 is 0. The van der Waals surface area contributed by atoms with Gasteiger partial charge in [-0.3, -0.25) is 0 Å². The van der Waals surface area contributed by atoms with Gasteiger partial charge in [-0.1, -0.05) is 49.6 Å². The minimum Gasteiger partial charge on any atom is -0.0984 e. The van der Waals surface area contributed by atoms with Gasteiger partial charge >= 0.3 is 0 Å². The molecule has 0 amide bonds. The number of allylic oxidation sites excluding steroid dienone is 4. The highest BCUT2D eigenvalue weighted by Crippen LogP contribution is 2.27. The van der Waals surface area contributed by atoms with Gasteiger partial charge in [0.15, 0.2) is 0 Å². The lowest BCUT2D eigenvalue weighted by Gasteiger charge is -2.16. The van der Waals surface area contributed by atoms with Crippen LogP contribution in [0.4, 0.5) is 0 Å². The van der Waals surface area contributed by atoms with E-state index in [2.05, 4.69) is 51.3 Å². The smallest absolute Gasteiger partial charge is 0.00261 e. The molecule has 0 aromatic heterocycles. The molecule has 0 saturated carbocycles. The quantitative estimate of drug-likeness (QED) is 0.670. The SMILES string of the molecule is C=Cc1c(C)cc(CC2=CCCC=C2)c(C)c1C=C. The number of hydrogen-bond acceptors (Lipinski definition) is 0. The molecule has 0 heterocycles. The summed E-state index contributed by atoms with van der Waals surface area (Å²) < 4.78 is 0. The first-order valence-corrected chi connectivity index (χ1v) is 6.91. The van der Waals surface area contributed by atoms with Gasteiger partial charge in [-0.2, -0.15) is 0 Å². The van der Waals surface area contributed by atoms with Crippen molar-refractivity contribution in [3.63, 3.8) is 0 Å². The van der Waals surface area contributed by atoms with Gasteiger partial charge < -0.3 is 0 Å². The van der Waals surface area contributed by atoms with Crippen molar-refractivity contribution in [2.24, 2.45) is 0 Å². The summed E-state index contributed by atoms with van der Waals surface area (Å²) in [5, 5.41) is 0. The minimum absolute atomic E-state index is 1.02. The van der Waals surface area contributed by atoms with Crippen molar-refractivity contribution < 1.29 is 0 Å². The lowest BCUT2D eigenvalue weighted by Crippen LogP contribution is -2.00. The summed E-state index contributed by atoms with van der Waals surface area (Å²) in [6, 6.07) is 2.29. The van der Waals surface area contributed by atoms with Crippen LogP contribution in [0.3, 0.4) is 0 Å². The van der Waals surface area contributed by atoms with Gasteiger partial charge in [0.05, 0.1) is 0 Å². The zero-order chi connectivity index (χ0) is 13.8. The molecule has 0 atom stereocenters. The molecule has 19 heavy (non-hydrogen) atoms. The van der Waals surface area contributed by atoms with Crippen molar-refractivity contribution in [2.45, 2.75) is 33.1 Å². The number of benzene rings is 1. The maximum atomic E-state index is 3.95. The summed E-state index contributed by atoms with van der Waals surface area (Å²) in [6.45, 7) is 12.2. The molecular weight excluding hydrogens is 228 g/mol. The Kier molecular flexibility index (Phi) is 4.21. The summed E-state index contributed by atoms with van der Waals surface area (Å²) in [5.41, 5.74) is 7.88. The molecule has 98 valence electrons. The van der Waals surface area contributed by atoms with Crippen LogP contribution in [0, 0.1) is 13.8 Å². The molecule has 1 aromatic carbocycles. The predicted octanol–water partition coefficient (Wildman–Crippen LogP) is 5.41. The van der Waals surface area contributed by atoms with Crippen LogP contribution in [-0.4, -0.2) is 0 Å². The molecule has 2 rings (SSSR count). The zero-order valence-electron chi connectivity index (χ0n) is 12.0. The maximum absolute atomic E-state index is 3.95. The fraction of sp³-hybridized carbons (Fsp3) is 0.263. The average Bonchev–Trinajstić information content (AvgIpc) is 2.43. The minimum atomic E-state index is 1.02. The van der Waals surface area contributed by atoms with E-state index in [-0.39, 0.29) is 0 Å². The first-order chi connectivity index (χ1) is 9.17. The molecule has 0 aliphatic heterocycles. The van der Waals surface area contributed by atoms with Crippen molar-refractivity contribution >= 4 is 12.2 Å². The molecule has 0 bridgehead atoms. The van der Waals surface area contributed by atoms with E-state index in [1.165, 1.54) is 46.2 Å². The highest BCUT2D eigenvalue weighted by atomic mass is 14.1. The van der Waals surface area contributed by atoms with Crippen molar-refractivity contribution in [1.29, 1.82) is 0 Å². The van der Waals surface area contributed by atoms with Crippen LogP contribution in [0.1, 0.15) is 40.7 Å². The van der Waals surface area contributed by atoms with Gasteiger partial charge in [0.2, 0.25) is 0 Å². The predicted molar refractivity (Wildman–Crippen MR) is 86.3 cm³/mol. The van der Waals surface area contributed by atoms with E-state index in [9.17, 15) is 0 Å². The molecule has 0 unspecified atom stereocenters. The Morgan fingerprint density at radius 2 is 1.84 bits per heavy atom. The van der Waals surface area contributed by atoms with Crippen molar-refractivity contribution in [1.82, 2.24) is 0 Å². The van der Waals surface area contributed by atoms with E-state index in [1.54, 1.807) is 0 Å². The Morgan fingerprint density at radius 3 is 2.42 bits per heavy atom. The van der Waals surface area contributed by atoms with E-state index in [0.29, 0.717) is 0 Å². The normalized spacial score (nSPS) is 14.1. The summed E-state index contributed by atoms with van der Waals surface area (Å²) in [6.07, 6.45) is 14.1. The van der Waals surface area contributed by atoms with E-state index in [4.69, 9.17) is 0 Å². The third-order valence-corrected chi connectivity index (χ3v) is 3.87. The third-order valence-electron chi connectivity index (χ3n) is 3.87. The van der Waals surface area contributed by atoms with Crippen LogP contribution in [0.2, 0.25) is 0 Å². The molecule has 0 fully saturated rings. The molecule has 1 aromatic rings. The van der Waals surface area contributed by atoms with Crippen molar-refractivity contribution in [2.75, 3.05) is 0 Å². The standard InChI is InChI=1S/C19H22/c1-5-18-14(3)12-17(15(4)19(18)6-2)13-16-10-8-7-9-11-16/h5-6,8,10-12H,1-2,7,9,13H2,3-4H3. The highest BCUT2D eigenvalue weighted by molar-refractivity contribution is 5.70. The molecule has 1 aliphatic carbocycles. The third kappa shape index (κ3) is 2.78. The lowest BCUT2D eigenvalue weighted by molar-refractivity contribution is 0.990. The van der Waals surface area contributed by atoms with Crippen LogP contribution in [-0.2, 0) is 6.42 Å². The fourth-order valence-corrected chi connectivity index (χ4v) is 2.77. The molecule has 0 heteroatoms. The molecule has 0 saturated heterocycles. The second-order valence-electron chi connectivity index (χ2n) is 5.15. The van der Waals surface area contributed by atoms with Crippen LogP contribution in [0.25, 0.3) is 12.2 Å². The van der Waals surface area contributed by atoms with Crippen molar-refractivity contribution in [3.05, 3.63) is 70.8 Å². The second kappa shape index (κ2) is 5.88. The molecule has 0 spiro atoms. The summed E-state index contributed by atoms with van der Waals surface area (Å²) in [7, 11) is 0. The Bertz CT molecular complexity index is 568. The average molecular weight is 250 g/mol. The van der Waals surface area contributed by atoms with E-state index < -0.39 is 0 Å². The fourth-order valence-electron chi connectivity index (χ4n) is 2.77.